The standard InChI is InChI=1S/C21H15F4N3O3S/c22-12-6-4-11(5-7-12)20-28(16(29)8-9-32-20)27-19(31)14-10-26-17-13(18(14)30)2-1-3-15(17)21(23,24)25/h1-7,10,20H,8-9H2,(H,26,30)(H,27,31). The van der Waals surface area contributed by atoms with Crippen molar-refractivity contribution in [1.29, 1.82) is 0 Å². The number of nitrogens with one attached hydrogen (secondary N) is 2. The van der Waals surface area contributed by atoms with E-state index in [1.165, 1.54) is 42.1 Å². The minimum absolute atomic E-state index is 0.131. The van der Waals surface area contributed by atoms with Crippen molar-refractivity contribution < 1.29 is 27.2 Å². The van der Waals surface area contributed by atoms with Crippen LogP contribution < -0.4 is 10.9 Å². The van der Waals surface area contributed by atoms with Gasteiger partial charge in [0.15, 0.2) is 0 Å². The number of para-hydroxylation sites is 1. The van der Waals surface area contributed by atoms with E-state index in [9.17, 15) is 31.9 Å². The molecule has 1 atom stereocenters. The summed E-state index contributed by atoms with van der Waals surface area (Å²) in [5.74, 6) is -1.35. The lowest BCUT2D eigenvalue weighted by Gasteiger charge is -2.35. The largest absolute Gasteiger partial charge is 0.418 e. The third-order valence-electron chi connectivity index (χ3n) is 4.94. The van der Waals surface area contributed by atoms with Crippen molar-refractivity contribution in [3.8, 4) is 0 Å². The number of aromatic nitrogens is 1. The Hall–Kier alpha value is -3.34. The third-order valence-corrected chi connectivity index (χ3v) is 6.18. The summed E-state index contributed by atoms with van der Waals surface area (Å²) < 4.78 is 52.9. The number of halogens is 4. The number of rotatable bonds is 3. The smallest absolute Gasteiger partial charge is 0.360 e. The molecule has 0 bridgehead atoms. The van der Waals surface area contributed by atoms with E-state index >= 15 is 0 Å². The fraction of sp³-hybridized carbons (Fsp3) is 0.190. The predicted octanol–water partition coefficient (Wildman–Crippen LogP) is 4.00. The predicted molar refractivity (Wildman–Crippen MR) is 110 cm³/mol. The van der Waals surface area contributed by atoms with Crippen molar-refractivity contribution in [2.24, 2.45) is 0 Å². The van der Waals surface area contributed by atoms with E-state index in [4.69, 9.17) is 0 Å². The fourth-order valence-corrected chi connectivity index (χ4v) is 4.59. The van der Waals surface area contributed by atoms with E-state index in [1.54, 1.807) is 0 Å². The molecule has 11 heteroatoms. The number of nitrogens with zero attached hydrogens (tertiary/aromatic N) is 1. The van der Waals surface area contributed by atoms with Gasteiger partial charge in [-0.15, -0.1) is 11.8 Å². The zero-order valence-corrected chi connectivity index (χ0v) is 17.0. The highest BCUT2D eigenvalue weighted by molar-refractivity contribution is 7.99. The second kappa shape index (κ2) is 8.30. The normalized spacial score (nSPS) is 16.9. The van der Waals surface area contributed by atoms with Gasteiger partial charge in [0.1, 0.15) is 16.8 Å². The van der Waals surface area contributed by atoms with E-state index in [1.807, 2.05) is 0 Å². The summed E-state index contributed by atoms with van der Waals surface area (Å²) in [4.78, 5) is 40.4. The average molecular weight is 465 g/mol. The van der Waals surface area contributed by atoms with Crippen molar-refractivity contribution in [2.75, 3.05) is 5.75 Å². The van der Waals surface area contributed by atoms with Crippen LogP contribution in [0.25, 0.3) is 10.9 Å². The average Bonchev–Trinajstić information content (AvgIpc) is 2.75. The highest BCUT2D eigenvalue weighted by atomic mass is 32.2. The first-order chi connectivity index (χ1) is 15.2. The summed E-state index contributed by atoms with van der Waals surface area (Å²) in [6.45, 7) is 0. The summed E-state index contributed by atoms with van der Waals surface area (Å²) in [6, 6.07) is 8.50. The summed E-state index contributed by atoms with van der Waals surface area (Å²) >= 11 is 1.34. The first-order valence-corrected chi connectivity index (χ1v) is 10.4. The van der Waals surface area contributed by atoms with Gasteiger partial charge in [-0.3, -0.25) is 19.8 Å². The van der Waals surface area contributed by atoms with Crippen molar-refractivity contribution in [1.82, 2.24) is 15.4 Å². The molecule has 0 aliphatic carbocycles. The molecule has 1 aromatic heterocycles. The van der Waals surface area contributed by atoms with Crippen LogP contribution in [0, 0.1) is 5.82 Å². The SMILES string of the molecule is O=C(NN1C(=O)CCSC1c1ccc(F)cc1)c1c[nH]c2c(C(F)(F)F)cccc2c1=O. The number of carbonyl (C=O) groups is 2. The first-order valence-electron chi connectivity index (χ1n) is 9.38. The van der Waals surface area contributed by atoms with Crippen molar-refractivity contribution in [3.05, 3.63) is 81.4 Å². The molecule has 2 N–H and O–H groups in total. The monoisotopic (exact) mass is 465 g/mol. The van der Waals surface area contributed by atoms with Crippen LogP contribution in [0.1, 0.15) is 33.3 Å². The van der Waals surface area contributed by atoms with Crippen LogP contribution >= 0.6 is 11.8 Å². The van der Waals surface area contributed by atoms with Gasteiger partial charge in [-0.25, -0.2) is 9.40 Å². The van der Waals surface area contributed by atoms with Crippen LogP contribution in [0.3, 0.4) is 0 Å². The minimum atomic E-state index is -4.69. The van der Waals surface area contributed by atoms with Crippen LogP contribution in [-0.2, 0) is 11.0 Å². The van der Waals surface area contributed by atoms with Gasteiger partial charge in [-0.2, -0.15) is 13.2 Å². The maximum Gasteiger partial charge on any atom is 0.418 e. The number of hydrogen-bond donors (Lipinski definition) is 2. The zero-order chi connectivity index (χ0) is 23.0. The number of carbonyl (C=O) groups excluding carboxylic acids is 2. The molecule has 0 radical (unpaired) electrons. The third kappa shape index (κ3) is 4.07. The molecular weight excluding hydrogens is 450 g/mol. The van der Waals surface area contributed by atoms with Gasteiger partial charge >= 0.3 is 6.18 Å². The number of pyridine rings is 1. The lowest BCUT2D eigenvalue weighted by molar-refractivity contribution is -0.136. The maximum atomic E-state index is 13.3. The lowest BCUT2D eigenvalue weighted by Crippen LogP contribution is -2.50. The van der Waals surface area contributed by atoms with Crippen LogP contribution in [0.2, 0.25) is 0 Å². The minimum Gasteiger partial charge on any atom is -0.360 e. The summed E-state index contributed by atoms with van der Waals surface area (Å²) in [5.41, 5.74) is 0.133. The Bertz CT molecular complexity index is 1260. The van der Waals surface area contributed by atoms with Crippen LogP contribution in [0.5, 0.6) is 0 Å². The zero-order valence-electron chi connectivity index (χ0n) is 16.2. The molecule has 1 aliphatic heterocycles. The van der Waals surface area contributed by atoms with Crippen molar-refractivity contribution in [2.45, 2.75) is 18.0 Å². The van der Waals surface area contributed by atoms with Gasteiger partial charge in [0.2, 0.25) is 11.3 Å². The Balaban J connectivity index is 1.68. The fourth-order valence-electron chi connectivity index (χ4n) is 3.40. The van der Waals surface area contributed by atoms with Gasteiger partial charge in [-0.05, 0) is 29.8 Å². The Morgan fingerprint density at radius 1 is 1.12 bits per heavy atom. The summed E-state index contributed by atoms with van der Waals surface area (Å²) in [7, 11) is 0. The van der Waals surface area contributed by atoms with Gasteiger partial charge < -0.3 is 4.98 Å². The molecule has 3 aromatic rings. The van der Waals surface area contributed by atoms with Crippen LogP contribution in [-0.4, -0.2) is 27.6 Å². The van der Waals surface area contributed by atoms with E-state index in [-0.39, 0.29) is 11.8 Å². The molecule has 6 nitrogen and oxygen atoms in total. The topological polar surface area (TPSA) is 82.3 Å². The lowest BCUT2D eigenvalue weighted by atomic mass is 10.1. The number of amides is 2. The molecule has 0 saturated carbocycles. The number of thioether (sulfide) groups is 1. The highest BCUT2D eigenvalue weighted by Gasteiger charge is 2.34. The first kappa shape index (κ1) is 21.9. The molecule has 2 heterocycles. The van der Waals surface area contributed by atoms with Gasteiger partial charge in [0.05, 0.1) is 11.1 Å². The van der Waals surface area contributed by atoms with Gasteiger partial charge in [0.25, 0.3) is 5.91 Å². The second-order valence-corrected chi connectivity index (χ2v) is 8.17. The molecule has 0 spiro atoms. The summed E-state index contributed by atoms with van der Waals surface area (Å²) in [6.07, 6.45) is -3.67. The number of benzene rings is 2. The molecule has 1 unspecified atom stereocenters. The van der Waals surface area contributed by atoms with Gasteiger partial charge in [0, 0.05) is 23.8 Å². The highest BCUT2D eigenvalue weighted by Crippen LogP contribution is 2.36. The summed E-state index contributed by atoms with van der Waals surface area (Å²) in [5, 5.41) is 0.0959. The number of hydrazine groups is 1. The van der Waals surface area contributed by atoms with Crippen molar-refractivity contribution in [3.63, 3.8) is 0 Å². The van der Waals surface area contributed by atoms with Crippen molar-refractivity contribution >= 4 is 34.5 Å². The quantitative estimate of drug-likeness (QED) is 0.573. The Labute approximate surface area is 182 Å². The van der Waals surface area contributed by atoms with E-state index in [0.717, 1.165) is 23.3 Å². The molecular formula is C21H15F4N3O3S. The Kier molecular flexibility index (Phi) is 5.68. The number of fused-ring (bicyclic) bond motifs is 1. The molecule has 1 fully saturated rings. The number of aromatic amines is 1. The molecule has 32 heavy (non-hydrogen) atoms. The van der Waals surface area contributed by atoms with Crippen LogP contribution in [0.4, 0.5) is 17.6 Å². The Morgan fingerprint density at radius 2 is 1.84 bits per heavy atom. The molecule has 4 rings (SSSR count). The molecule has 2 aromatic carbocycles. The van der Waals surface area contributed by atoms with E-state index in [2.05, 4.69) is 10.4 Å². The maximum absolute atomic E-state index is 13.3. The van der Waals surface area contributed by atoms with E-state index < -0.39 is 51.3 Å². The molecule has 166 valence electrons. The Morgan fingerprint density at radius 3 is 2.53 bits per heavy atom. The number of hydrogen-bond acceptors (Lipinski definition) is 4. The number of alkyl halides is 3. The second-order valence-electron chi connectivity index (χ2n) is 6.99. The van der Waals surface area contributed by atoms with Crippen LogP contribution in [0.15, 0.2) is 53.5 Å². The molecule has 2 amide bonds. The number of H-pyrrole nitrogens is 1. The molecule has 1 aliphatic rings. The van der Waals surface area contributed by atoms with Gasteiger partial charge in [-0.1, -0.05) is 18.2 Å². The molecule has 1 saturated heterocycles. The van der Waals surface area contributed by atoms with E-state index in [0.29, 0.717) is 11.3 Å².